The standard InChI is InChI=1S/C28H30N2O2S/c1-28(2,3)21-11-14-24-25(18-29)27(33-26(24)17-21)30-19-20-9-12-23(13-10-20)32-16-15-31-22-7-5-4-6-8-22/h4-10,12-13,19,21H,11,14-17H2,1-3H3/t21-/m0/s1. The van der Waals surface area contributed by atoms with Crippen molar-refractivity contribution >= 4 is 22.6 Å². The number of aliphatic imine (C=N–C) groups is 1. The molecule has 0 spiro atoms. The Kier molecular flexibility index (Phi) is 7.15. The number of para-hydroxylation sites is 1. The van der Waals surface area contributed by atoms with Gasteiger partial charge < -0.3 is 9.47 Å². The summed E-state index contributed by atoms with van der Waals surface area (Å²) >= 11 is 1.68. The Morgan fingerprint density at radius 2 is 1.70 bits per heavy atom. The molecular formula is C28H30N2O2S. The lowest BCUT2D eigenvalue weighted by molar-refractivity contribution is 0.217. The third-order valence-electron chi connectivity index (χ3n) is 6.16. The van der Waals surface area contributed by atoms with Gasteiger partial charge in [-0.25, -0.2) is 4.99 Å². The van der Waals surface area contributed by atoms with E-state index in [9.17, 15) is 5.26 Å². The Morgan fingerprint density at radius 1 is 1.03 bits per heavy atom. The van der Waals surface area contributed by atoms with Gasteiger partial charge in [-0.05, 0) is 78.1 Å². The molecule has 0 amide bonds. The monoisotopic (exact) mass is 458 g/mol. The number of nitriles is 1. The molecular weight excluding hydrogens is 428 g/mol. The molecule has 4 rings (SSSR count). The van der Waals surface area contributed by atoms with E-state index in [1.807, 2.05) is 60.8 Å². The van der Waals surface area contributed by atoms with E-state index in [0.717, 1.165) is 46.9 Å². The van der Waals surface area contributed by atoms with Crippen LogP contribution in [0.3, 0.4) is 0 Å². The van der Waals surface area contributed by atoms with Crippen molar-refractivity contribution in [3.8, 4) is 17.6 Å². The van der Waals surface area contributed by atoms with Crippen LogP contribution in [0.25, 0.3) is 0 Å². The van der Waals surface area contributed by atoms with E-state index >= 15 is 0 Å². The first-order valence-corrected chi connectivity index (χ1v) is 12.2. The van der Waals surface area contributed by atoms with E-state index in [2.05, 4.69) is 31.8 Å². The van der Waals surface area contributed by atoms with Gasteiger partial charge in [0.25, 0.3) is 0 Å². The lowest BCUT2D eigenvalue weighted by atomic mass is 9.72. The Hall–Kier alpha value is -3.10. The van der Waals surface area contributed by atoms with E-state index in [-0.39, 0.29) is 5.41 Å². The highest BCUT2D eigenvalue weighted by atomic mass is 32.1. The van der Waals surface area contributed by atoms with Crippen LogP contribution in [-0.2, 0) is 12.8 Å². The first-order chi connectivity index (χ1) is 15.9. The van der Waals surface area contributed by atoms with Crippen molar-refractivity contribution in [2.45, 2.75) is 40.0 Å². The second-order valence-electron chi connectivity index (χ2n) is 9.44. The zero-order valence-corrected chi connectivity index (χ0v) is 20.3. The van der Waals surface area contributed by atoms with Crippen LogP contribution in [-0.4, -0.2) is 19.4 Å². The van der Waals surface area contributed by atoms with Gasteiger partial charge >= 0.3 is 0 Å². The van der Waals surface area contributed by atoms with Crippen LogP contribution >= 0.6 is 11.3 Å². The summed E-state index contributed by atoms with van der Waals surface area (Å²) in [6.45, 7) is 7.89. The van der Waals surface area contributed by atoms with Crippen LogP contribution in [0, 0.1) is 22.7 Å². The second-order valence-corrected chi connectivity index (χ2v) is 10.5. The van der Waals surface area contributed by atoms with Crippen molar-refractivity contribution < 1.29 is 9.47 Å². The fourth-order valence-corrected chi connectivity index (χ4v) is 5.36. The highest BCUT2D eigenvalue weighted by molar-refractivity contribution is 7.16. The molecule has 0 N–H and O–H groups in total. The molecule has 4 nitrogen and oxygen atoms in total. The van der Waals surface area contributed by atoms with E-state index in [0.29, 0.717) is 19.1 Å². The normalized spacial score (nSPS) is 15.8. The first-order valence-electron chi connectivity index (χ1n) is 11.4. The topological polar surface area (TPSA) is 54.6 Å². The maximum absolute atomic E-state index is 9.75. The van der Waals surface area contributed by atoms with Crippen molar-refractivity contribution in [1.29, 1.82) is 5.26 Å². The molecule has 1 aromatic heterocycles. The minimum Gasteiger partial charge on any atom is -0.490 e. The van der Waals surface area contributed by atoms with Crippen molar-refractivity contribution in [3.05, 3.63) is 76.2 Å². The molecule has 3 aromatic rings. The molecule has 5 heteroatoms. The summed E-state index contributed by atoms with van der Waals surface area (Å²) < 4.78 is 11.4. The van der Waals surface area contributed by atoms with Gasteiger partial charge in [0.15, 0.2) is 0 Å². The van der Waals surface area contributed by atoms with Crippen LogP contribution in [0.15, 0.2) is 59.6 Å². The van der Waals surface area contributed by atoms with E-state index < -0.39 is 0 Å². The summed E-state index contributed by atoms with van der Waals surface area (Å²) in [5.74, 6) is 2.28. The third kappa shape index (κ3) is 5.83. The second kappa shape index (κ2) is 10.2. The van der Waals surface area contributed by atoms with Gasteiger partial charge in [0.05, 0.1) is 5.56 Å². The largest absolute Gasteiger partial charge is 0.490 e. The van der Waals surface area contributed by atoms with Crippen molar-refractivity contribution in [1.82, 2.24) is 0 Å². The van der Waals surface area contributed by atoms with Crippen molar-refractivity contribution in [2.75, 3.05) is 13.2 Å². The highest BCUT2D eigenvalue weighted by Crippen LogP contribution is 2.44. The predicted octanol–water partition coefficient (Wildman–Crippen LogP) is 6.98. The number of thiophene rings is 1. The molecule has 2 aromatic carbocycles. The summed E-state index contributed by atoms with van der Waals surface area (Å²) in [5.41, 5.74) is 3.24. The number of ether oxygens (including phenoxy) is 2. The smallest absolute Gasteiger partial charge is 0.134 e. The maximum Gasteiger partial charge on any atom is 0.134 e. The summed E-state index contributed by atoms with van der Waals surface area (Å²) in [6.07, 6.45) is 5.00. The van der Waals surface area contributed by atoms with E-state index in [1.54, 1.807) is 11.3 Å². The summed E-state index contributed by atoms with van der Waals surface area (Å²) in [4.78, 5) is 6.03. The predicted molar refractivity (Wildman–Crippen MR) is 135 cm³/mol. The summed E-state index contributed by atoms with van der Waals surface area (Å²) in [7, 11) is 0. The number of hydrogen-bond donors (Lipinski definition) is 0. The van der Waals surface area contributed by atoms with Crippen LogP contribution in [0.2, 0.25) is 0 Å². The fraction of sp³-hybridized carbons (Fsp3) is 0.357. The Bertz CT molecular complexity index is 1140. The summed E-state index contributed by atoms with van der Waals surface area (Å²) in [5, 5.41) is 10.6. The average Bonchev–Trinajstić information content (AvgIpc) is 3.18. The van der Waals surface area contributed by atoms with Gasteiger partial charge in [0, 0.05) is 11.1 Å². The number of fused-ring (bicyclic) bond motifs is 1. The van der Waals surface area contributed by atoms with E-state index in [1.165, 1.54) is 10.4 Å². The van der Waals surface area contributed by atoms with Crippen molar-refractivity contribution in [3.63, 3.8) is 0 Å². The molecule has 0 aliphatic heterocycles. The van der Waals surface area contributed by atoms with Gasteiger partial charge in [-0.15, -0.1) is 11.3 Å². The molecule has 0 saturated carbocycles. The van der Waals surface area contributed by atoms with Gasteiger partial charge in [-0.3, -0.25) is 0 Å². The van der Waals surface area contributed by atoms with Crippen LogP contribution in [0.5, 0.6) is 11.5 Å². The molecule has 0 unspecified atom stereocenters. The summed E-state index contributed by atoms with van der Waals surface area (Å²) in [6, 6.07) is 19.9. The molecule has 33 heavy (non-hydrogen) atoms. The number of rotatable bonds is 7. The van der Waals surface area contributed by atoms with Gasteiger partial charge in [-0.2, -0.15) is 5.26 Å². The van der Waals surface area contributed by atoms with E-state index in [4.69, 9.17) is 9.47 Å². The van der Waals surface area contributed by atoms with Crippen LogP contribution in [0.1, 0.15) is 48.8 Å². The SMILES string of the molecule is CC(C)(C)[C@H]1CCc2c(sc(N=Cc3ccc(OCCOc4ccccc4)cc3)c2C#N)C1. The molecule has 170 valence electrons. The molecule has 1 atom stereocenters. The zero-order chi connectivity index (χ0) is 23.3. The number of nitrogens with zero attached hydrogens (tertiary/aromatic N) is 2. The number of benzene rings is 2. The lowest BCUT2D eigenvalue weighted by Gasteiger charge is -2.33. The highest BCUT2D eigenvalue weighted by Gasteiger charge is 2.32. The van der Waals surface area contributed by atoms with Crippen LogP contribution < -0.4 is 9.47 Å². The lowest BCUT2D eigenvalue weighted by Crippen LogP contribution is -2.26. The molecule has 1 aliphatic rings. The molecule has 0 fully saturated rings. The minimum absolute atomic E-state index is 0.287. The molecule has 0 bridgehead atoms. The molecule has 0 saturated heterocycles. The average molecular weight is 459 g/mol. The van der Waals surface area contributed by atoms with Gasteiger partial charge in [0.2, 0.25) is 0 Å². The molecule has 1 heterocycles. The minimum atomic E-state index is 0.287. The zero-order valence-electron chi connectivity index (χ0n) is 19.5. The Labute approximate surface area is 200 Å². The van der Waals surface area contributed by atoms with Crippen LogP contribution in [0.4, 0.5) is 5.00 Å². The Balaban J connectivity index is 1.35. The maximum atomic E-state index is 9.75. The Morgan fingerprint density at radius 3 is 2.33 bits per heavy atom. The van der Waals surface area contributed by atoms with Crippen molar-refractivity contribution in [2.24, 2.45) is 16.3 Å². The van der Waals surface area contributed by atoms with Gasteiger partial charge in [0.1, 0.15) is 35.8 Å². The van der Waals surface area contributed by atoms with Gasteiger partial charge in [-0.1, -0.05) is 39.0 Å². The number of hydrogen-bond acceptors (Lipinski definition) is 5. The fourth-order valence-electron chi connectivity index (χ4n) is 4.14. The first kappa shape index (κ1) is 23.1. The molecule has 1 aliphatic carbocycles. The molecule has 0 radical (unpaired) electrons. The quantitative estimate of drug-likeness (QED) is 0.283. The third-order valence-corrected chi connectivity index (χ3v) is 7.32.